The summed E-state index contributed by atoms with van der Waals surface area (Å²) in [5, 5.41) is 41.8. The molecule has 106 heavy (non-hydrogen) atoms. The highest BCUT2D eigenvalue weighted by Crippen LogP contribution is 2.39. The second-order valence-corrected chi connectivity index (χ2v) is 27.0. The van der Waals surface area contributed by atoms with Gasteiger partial charge in [-0.2, -0.15) is 15.8 Å². The number of benzene rings is 7. The van der Waals surface area contributed by atoms with Crippen molar-refractivity contribution in [3.8, 4) is 97.0 Å². The Morgan fingerprint density at radius 2 is 0.953 bits per heavy atom. The lowest BCUT2D eigenvalue weighted by molar-refractivity contribution is -0.138. The van der Waals surface area contributed by atoms with Crippen LogP contribution in [0, 0.1) is 34.0 Å². The summed E-state index contributed by atoms with van der Waals surface area (Å²) in [6, 6.07) is 66.4. The molecule has 1 amide bonds. The molecule has 0 radical (unpaired) electrons. The molecule has 0 spiro atoms. The zero-order valence-electron chi connectivity index (χ0n) is 59.0. The van der Waals surface area contributed by atoms with E-state index >= 15 is 0 Å². The minimum Gasteiger partial charge on any atom is -0.487 e. The number of H-pyrrole nitrogens is 3. The van der Waals surface area contributed by atoms with Crippen LogP contribution in [0.1, 0.15) is 42.9 Å². The average Bonchev–Trinajstić information content (AvgIpc) is 1.61. The Bertz CT molecular complexity index is 5240. The Labute approximate surface area is 614 Å². The zero-order valence-corrected chi connectivity index (χ0v) is 59.0. The third-order valence-corrected chi connectivity index (χ3v) is 20.3. The number of aromatic amines is 3. The summed E-state index contributed by atoms with van der Waals surface area (Å²) in [5.74, 6) is 0.606. The van der Waals surface area contributed by atoms with Crippen LogP contribution in [-0.4, -0.2) is 164 Å². The van der Waals surface area contributed by atoms with Crippen molar-refractivity contribution >= 4 is 61.5 Å². The summed E-state index contributed by atoms with van der Waals surface area (Å²) in [7, 11) is 0. The fourth-order valence-corrected chi connectivity index (χ4v) is 14.5. The lowest BCUT2D eigenvalue weighted by atomic mass is 9.99. The molecule has 534 valence electrons. The molecule has 6 N–H and O–H groups in total. The first kappa shape index (κ1) is 69.7. The van der Waals surface area contributed by atoms with E-state index in [4.69, 9.17) is 34.2 Å². The Hall–Kier alpha value is -12.0. The minimum atomic E-state index is -1.03. The lowest BCUT2D eigenvalue weighted by Gasteiger charge is -2.28. The molecule has 12 aromatic rings. The number of fused-ring (bicyclic) bond motifs is 3. The lowest BCUT2D eigenvalue weighted by Crippen LogP contribution is -2.37. The summed E-state index contributed by atoms with van der Waals surface area (Å²) >= 11 is 0. The normalized spacial score (nSPS) is 16.5. The first-order valence-electron chi connectivity index (χ1n) is 36.1. The van der Waals surface area contributed by atoms with Gasteiger partial charge >= 0.3 is 0 Å². The third-order valence-electron chi connectivity index (χ3n) is 20.3. The monoisotopic (exact) mass is 1410 g/mol. The van der Waals surface area contributed by atoms with Crippen molar-refractivity contribution in [2.75, 3.05) is 126 Å². The number of likely N-dealkylation sites (tertiary alicyclic amines) is 1. The minimum absolute atomic E-state index is 0.0366. The molecule has 5 fully saturated rings. The van der Waals surface area contributed by atoms with Gasteiger partial charge in [0.1, 0.15) is 53.5 Å². The molecule has 7 aromatic carbocycles. The number of anilines is 4. The van der Waals surface area contributed by atoms with E-state index in [0.717, 1.165) is 192 Å². The summed E-state index contributed by atoms with van der Waals surface area (Å²) in [6.45, 7) is 13.9. The standard InChI is InChI=1S/C32H32N4O4.C29H28N4O3.C24H21N5O/c1-21(37)32(38)36-12-11-26(20-36)40-31-10-7-23(17-24(31)19-33)27-3-2-4-29-28(27)18-30(34-29)22-5-8-25(9-6-22)35-13-15-39-16-14-35;30-18-21-16-22(19-31-29(21)36-24-8-12-34-13-9-24)25-2-1-3-27-26(25)17-28(32-27)20-4-6-23(7-5-20)33-10-14-35-15-11-33;25-15-18-13-17(3-6-22(18)26)20-7-8-27-24-21(20)14-23(28-24)16-1-4-19(5-2-16)29-9-11-30-12-10-29/h2-10,17-18,21,26,34,37H,11-16,20H2,1H3;1-7,16-17,19,24,32H,8-15H2;1-8,13-14H,9-12,26H2,(H,27,28)/t21?,26-;;/m1../s1. The van der Waals surface area contributed by atoms with Crippen LogP contribution in [0.15, 0.2) is 188 Å². The quantitative estimate of drug-likeness (QED) is 0.0633. The number of hydrogen-bond donors (Lipinski definition) is 5. The number of aliphatic hydroxyl groups excluding tert-OH is 1. The molecule has 5 aromatic heterocycles. The summed E-state index contributed by atoms with van der Waals surface area (Å²) < 4.78 is 34.0. The van der Waals surface area contributed by atoms with Crippen molar-refractivity contribution in [2.45, 2.75) is 44.5 Å². The van der Waals surface area contributed by atoms with Gasteiger partial charge in [0.05, 0.1) is 70.5 Å². The first-order valence-corrected chi connectivity index (χ1v) is 36.1. The smallest absolute Gasteiger partial charge is 0.251 e. The van der Waals surface area contributed by atoms with E-state index in [9.17, 15) is 25.7 Å². The number of nitrogens with zero attached hydrogens (tertiary/aromatic N) is 9. The predicted molar refractivity (Wildman–Crippen MR) is 413 cm³/mol. The van der Waals surface area contributed by atoms with E-state index < -0.39 is 6.10 Å². The van der Waals surface area contributed by atoms with Crippen molar-refractivity contribution in [3.05, 3.63) is 205 Å². The number of aliphatic hydroxyl groups is 1. The van der Waals surface area contributed by atoms with Crippen molar-refractivity contribution in [3.63, 3.8) is 0 Å². The number of carbonyl (C=O) groups is 1. The molecule has 0 aliphatic carbocycles. The van der Waals surface area contributed by atoms with Gasteiger partial charge in [-0.15, -0.1) is 0 Å². The van der Waals surface area contributed by atoms with Gasteiger partial charge in [0.25, 0.3) is 5.91 Å². The van der Waals surface area contributed by atoms with Gasteiger partial charge in [-0.05, 0) is 155 Å². The predicted octanol–water partition coefficient (Wildman–Crippen LogP) is 13.9. The highest BCUT2D eigenvalue weighted by Gasteiger charge is 2.31. The molecule has 5 aliphatic heterocycles. The molecule has 21 nitrogen and oxygen atoms in total. The first-order chi connectivity index (χ1) is 52.0. The molecule has 0 saturated carbocycles. The third kappa shape index (κ3) is 15.5. The van der Waals surface area contributed by atoms with E-state index in [0.29, 0.717) is 66.7 Å². The van der Waals surface area contributed by atoms with Crippen LogP contribution < -0.4 is 29.9 Å². The average molecular weight is 1410 g/mol. The summed E-state index contributed by atoms with van der Waals surface area (Å²) in [5.41, 5.74) is 26.6. The highest BCUT2D eigenvalue weighted by molar-refractivity contribution is 6.00. The largest absolute Gasteiger partial charge is 0.487 e. The molecule has 17 rings (SSSR count). The van der Waals surface area contributed by atoms with E-state index in [1.165, 1.54) is 24.0 Å². The van der Waals surface area contributed by atoms with E-state index in [1.807, 2.05) is 54.6 Å². The number of nitrogens with one attached hydrogen (secondary N) is 3. The number of morpholine rings is 3. The Balaban J connectivity index is 0.000000129. The topological polar surface area (TPSA) is 276 Å². The molecule has 5 saturated heterocycles. The maximum Gasteiger partial charge on any atom is 0.251 e. The van der Waals surface area contributed by atoms with Crippen molar-refractivity contribution in [1.29, 1.82) is 15.8 Å². The van der Waals surface area contributed by atoms with Crippen LogP contribution in [0.25, 0.3) is 100.0 Å². The van der Waals surface area contributed by atoms with Crippen LogP contribution in [0.4, 0.5) is 22.7 Å². The second kappa shape index (κ2) is 31.9. The van der Waals surface area contributed by atoms with Crippen molar-refractivity contribution < 1.29 is 38.3 Å². The van der Waals surface area contributed by atoms with Gasteiger partial charge in [0.15, 0.2) is 0 Å². The van der Waals surface area contributed by atoms with E-state index in [2.05, 4.69) is 173 Å². The second-order valence-electron chi connectivity index (χ2n) is 27.0. The van der Waals surface area contributed by atoms with Gasteiger partial charge in [-0.25, -0.2) is 9.97 Å². The van der Waals surface area contributed by atoms with E-state index in [1.54, 1.807) is 23.4 Å². The fourth-order valence-electron chi connectivity index (χ4n) is 14.5. The number of ether oxygens (including phenoxy) is 6. The number of rotatable bonds is 14. The van der Waals surface area contributed by atoms with Gasteiger partial charge in [0.2, 0.25) is 5.88 Å². The van der Waals surface area contributed by atoms with Crippen LogP contribution >= 0.6 is 0 Å². The van der Waals surface area contributed by atoms with E-state index in [-0.39, 0.29) is 18.1 Å². The van der Waals surface area contributed by atoms with Crippen LogP contribution in [0.2, 0.25) is 0 Å². The van der Waals surface area contributed by atoms with Crippen molar-refractivity contribution in [1.82, 2.24) is 29.8 Å². The number of carbonyl (C=O) groups excluding carboxylic acids is 1. The fraction of sp³-hybridized carbons (Fsp3) is 0.271. The number of nitriles is 3. The molecule has 2 atom stereocenters. The molecular weight excluding hydrogens is 1330 g/mol. The molecule has 1 unspecified atom stereocenters. The van der Waals surface area contributed by atoms with Crippen molar-refractivity contribution in [2.24, 2.45) is 0 Å². The summed E-state index contributed by atoms with van der Waals surface area (Å²) in [4.78, 5) is 40.3. The molecule has 0 bridgehead atoms. The number of aromatic nitrogens is 5. The van der Waals surface area contributed by atoms with Gasteiger partial charge < -0.3 is 73.8 Å². The number of nitrogen functional groups attached to an aromatic ring is 1. The Morgan fingerprint density at radius 1 is 0.491 bits per heavy atom. The molecule has 5 aliphatic rings. The number of amides is 1. The van der Waals surface area contributed by atoms with Gasteiger partial charge in [-0.1, -0.05) is 72.8 Å². The Kier molecular flexibility index (Phi) is 21.0. The Morgan fingerprint density at radius 3 is 1.48 bits per heavy atom. The van der Waals surface area contributed by atoms with Gasteiger partial charge in [-0.3, -0.25) is 4.79 Å². The van der Waals surface area contributed by atoms with Crippen LogP contribution in [-0.2, 0) is 23.7 Å². The number of hydrogen-bond acceptors (Lipinski definition) is 17. The van der Waals surface area contributed by atoms with Gasteiger partial charge in [0, 0.05) is 150 Å². The highest BCUT2D eigenvalue weighted by atomic mass is 16.5. The zero-order chi connectivity index (χ0) is 72.5. The molecule has 21 heteroatoms. The number of pyridine rings is 2. The maximum absolute atomic E-state index is 12.1. The van der Waals surface area contributed by atoms with Crippen LogP contribution in [0.3, 0.4) is 0 Å². The number of nitrogens with two attached hydrogens (primary N) is 1. The van der Waals surface area contributed by atoms with Crippen LogP contribution in [0.5, 0.6) is 11.6 Å². The summed E-state index contributed by atoms with van der Waals surface area (Å²) in [6.07, 6.45) is 4.65. The maximum atomic E-state index is 12.1. The molecule has 10 heterocycles. The SMILES string of the molecule is CC(O)C(=O)N1CC[C@@H](Oc2ccc(-c3cccc4[nH]c(-c5ccc(N6CCOCC6)cc5)cc34)cc2C#N)C1.N#Cc1cc(-c2cccc3[nH]c(-c4ccc(N5CCOCC5)cc4)cc23)cnc1OC1CCOCC1.N#Cc1cc(-c2ccnc3[nH]c(-c4ccc(N5CCOCC5)cc4)cc23)ccc1N. The molecular formula is C85H81N13O8.